The zero-order valence-corrected chi connectivity index (χ0v) is 17.1. The maximum atomic E-state index is 10.3. The van der Waals surface area contributed by atoms with Gasteiger partial charge in [-0.3, -0.25) is 8.97 Å². The highest BCUT2D eigenvalue weighted by atomic mass is 16.4. The van der Waals surface area contributed by atoms with E-state index in [2.05, 4.69) is 37.9 Å². The fourth-order valence-corrected chi connectivity index (χ4v) is 2.52. The molecule has 2 unspecified atom stereocenters. The molecule has 2 aliphatic heterocycles. The van der Waals surface area contributed by atoms with Gasteiger partial charge in [-0.2, -0.15) is 0 Å². The lowest BCUT2D eigenvalue weighted by atomic mass is 10.1. The fraction of sp³-hybridized carbons (Fsp3) is 0.500. The maximum absolute atomic E-state index is 10.3. The van der Waals surface area contributed by atoms with E-state index in [-0.39, 0.29) is 11.1 Å². The van der Waals surface area contributed by atoms with Gasteiger partial charge in [0.25, 0.3) is 0 Å². The fourth-order valence-electron chi connectivity index (χ4n) is 2.52. The summed E-state index contributed by atoms with van der Waals surface area (Å²) in [6.45, 7) is 11.1. The van der Waals surface area contributed by atoms with E-state index in [0.29, 0.717) is 0 Å². The molecule has 0 aliphatic carbocycles. The molecule has 28 heavy (non-hydrogen) atoms. The van der Waals surface area contributed by atoms with Crippen molar-refractivity contribution in [1.29, 1.82) is 0 Å². The van der Waals surface area contributed by atoms with Crippen molar-refractivity contribution in [3.63, 3.8) is 0 Å². The number of aliphatic imine (C=N–C) groups is 2. The first kappa shape index (κ1) is 23.5. The van der Waals surface area contributed by atoms with Crippen LogP contribution in [0.4, 0.5) is 0 Å². The van der Waals surface area contributed by atoms with Crippen LogP contribution < -0.4 is 10.2 Å². The molecule has 0 saturated carbocycles. The Morgan fingerprint density at radius 2 is 1.21 bits per heavy atom. The molecule has 154 valence electrons. The minimum Gasteiger partial charge on any atom is -0.545 e. The Balaban J connectivity index is 0.000000217. The second kappa shape index (κ2) is 10.7. The number of hydrogen-bond donors (Lipinski definition) is 0. The van der Waals surface area contributed by atoms with Gasteiger partial charge >= 0.3 is 0 Å². The number of hydrogen-bond acceptors (Lipinski definition) is 6. The van der Waals surface area contributed by atoms with Crippen LogP contribution in [-0.2, 0) is 0 Å². The van der Waals surface area contributed by atoms with Crippen LogP contribution in [0.1, 0.15) is 34.6 Å². The zero-order chi connectivity index (χ0) is 21.2. The van der Waals surface area contributed by atoms with Gasteiger partial charge in [0.2, 0.25) is 0 Å². The molecule has 1 aromatic rings. The van der Waals surface area contributed by atoms with E-state index in [0.717, 1.165) is 34.2 Å². The van der Waals surface area contributed by atoms with E-state index in [1.807, 2.05) is 12.7 Å². The number of quaternary nitrogens is 2. The SMILES string of the molecule is CC[N+]1(C)C=NCC1.CC[N+]1(C)C=NCC1.O=C([O-])c1ccccc1C(=O)[O-]. The molecule has 0 radical (unpaired) electrons. The summed E-state index contributed by atoms with van der Waals surface area (Å²) in [5, 5.41) is 20.6. The Morgan fingerprint density at radius 1 is 0.857 bits per heavy atom. The molecular formula is C20H30N4O4. The Kier molecular flexibility index (Phi) is 8.94. The number of carboxylic acid groups (broad SMARTS) is 2. The summed E-state index contributed by atoms with van der Waals surface area (Å²) in [6.07, 6.45) is 4.08. The molecule has 8 nitrogen and oxygen atoms in total. The molecule has 0 saturated heterocycles. The Labute approximate surface area is 166 Å². The van der Waals surface area contributed by atoms with Gasteiger partial charge in [0.05, 0.1) is 52.2 Å². The van der Waals surface area contributed by atoms with Crippen molar-refractivity contribution in [2.75, 3.05) is 53.4 Å². The summed E-state index contributed by atoms with van der Waals surface area (Å²) in [7, 11) is 4.41. The third kappa shape index (κ3) is 7.21. The molecule has 0 aromatic heterocycles. The number of carboxylic acids is 2. The number of carbonyl (C=O) groups excluding carboxylic acids is 2. The van der Waals surface area contributed by atoms with E-state index in [1.165, 1.54) is 38.3 Å². The first-order valence-corrected chi connectivity index (χ1v) is 9.38. The number of aromatic carboxylic acids is 2. The van der Waals surface area contributed by atoms with E-state index in [4.69, 9.17) is 0 Å². The zero-order valence-electron chi connectivity index (χ0n) is 17.1. The molecule has 2 atom stereocenters. The standard InChI is InChI=1S/C8H6O4.2C6H13N2/c9-7(10)5-3-1-2-4-6(5)8(11)12;2*1-3-8(2)5-4-7-6-8/h1-4H,(H,9,10)(H,11,12);2*6H,3-5H2,1-2H3/q;2*+1/p-2. The van der Waals surface area contributed by atoms with E-state index in [1.54, 1.807) is 0 Å². The molecule has 0 amide bonds. The smallest absolute Gasteiger partial charge is 0.185 e. The highest BCUT2D eigenvalue weighted by Gasteiger charge is 2.20. The molecular weight excluding hydrogens is 360 g/mol. The van der Waals surface area contributed by atoms with Crippen molar-refractivity contribution in [2.24, 2.45) is 9.98 Å². The van der Waals surface area contributed by atoms with Crippen molar-refractivity contribution in [2.45, 2.75) is 13.8 Å². The first-order chi connectivity index (χ1) is 13.2. The van der Waals surface area contributed by atoms with E-state index >= 15 is 0 Å². The van der Waals surface area contributed by atoms with Crippen LogP contribution in [0.25, 0.3) is 0 Å². The summed E-state index contributed by atoms with van der Waals surface area (Å²) >= 11 is 0. The quantitative estimate of drug-likeness (QED) is 0.640. The minimum absolute atomic E-state index is 0.363. The van der Waals surface area contributed by atoms with Crippen molar-refractivity contribution in [1.82, 2.24) is 0 Å². The van der Waals surface area contributed by atoms with Gasteiger partial charge in [-0.1, -0.05) is 24.3 Å². The molecule has 0 spiro atoms. The van der Waals surface area contributed by atoms with Gasteiger partial charge in [0, 0.05) is 11.1 Å². The third-order valence-corrected chi connectivity index (χ3v) is 5.01. The van der Waals surface area contributed by atoms with Crippen molar-refractivity contribution < 1.29 is 28.8 Å². The van der Waals surface area contributed by atoms with Gasteiger partial charge < -0.3 is 19.8 Å². The van der Waals surface area contributed by atoms with Crippen LogP contribution in [0.5, 0.6) is 0 Å². The molecule has 0 fully saturated rings. The Bertz CT molecular complexity index is 674. The van der Waals surface area contributed by atoms with Crippen molar-refractivity contribution in [3.8, 4) is 0 Å². The minimum atomic E-state index is -1.52. The Hall–Kier alpha value is -2.58. The second-order valence-corrected chi connectivity index (χ2v) is 7.20. The largest absolute Gasteiger partial charge is 0.545 e. The normalized spacial score (nSPS) is 24.7. The van der Waals surface area contributed by atoms with Crippen LogP contribution in [-0.4, -0.2) is 86.9 Å². The number of carbonyl (C=O) groups is 2. The number of benzene rings is 1. The molecule has 0 bridgehead atoms. The lowest BCUT2D eigenvalue weighted by Gasteiger charge is -2.21. The van der Waals surface area contributed by atoms with Gasteiger partial charge in [-0.05, 0) is 13.8 Å². The van der Waals surface area contributed by atoms with Crippen LogP contribution in [0.3, 0.4) is 0 Å². The molecule has 0 N–H and O–H groups in total. The number of rotatable bonds is 4. The lowest BCUT2D eigenvalue weighted by Crippen LogP contribution is -2.40. The second-order valence-electron chi connectivity index (χ2n) is 7.20. The third-order valence-electron chi connectivity index (χ3n) is 5.01. The Morgan fingerprint density at radius 3 is 1.39 bits per heavy atom. The lowest BCUT2D eigenvalue weighted by molar-refractivity contribution is -0.805. The summed E-state index contributed by atoms with van der Waals surface area (Å²) < 4.78 is 2.06. The number of likely N-dealkylation sites (N-methyl/N-ethyl adjacent to an activating group) is 2. The van der Waals surface area contributed by atoms with Crippen LogP contribution >= 0.6 is 0 Å². The predicted octanol–water partition coefficient (Wildman–Crippen LogP) is -0.597. The molecule has 2 heterocycles. The van der Waals surface area contributed by atoms with Crippen molar-refractivity contribution in [3.05, 3.63) is 35.4 Å². The van der Waals surface area contributed by atoms with Gasteiger partial charge in [-0.15, -0.1) is 0 Å². The maximum Gasteiger partial charge on any atom is 0.185 e. The monoisotopic (exact) mass is 390 g/mol. The topological polar surface area (TPSA) is 105 Å². The summed E-state index contributed by atoms with van der Waals surface area (Å²) in [5.74, 6) is -3.04. The van der Waals surface area contributed by atoms with Crippen LogP contribution in [0.15, 0.2) is 34.3 Å². The van der Waals surface area contributed by atoms with Crippen molar-refractivity contribution >= 4 is 24.6 Å². The molecule has 2 aliphatic rings. The molecule has 3 rings (SSSR count). The summed E-state index contributed by atoms with van der Waals surface area (Å²) in [5.41, 5.74) is -0.727. The predicted molar refractivity (Wildman–Crippen MR) is 105 cm³/mol. The van der Waals surface area contributed by atoms with E-state index < -0.39 is 11.9 Å². The van der Waals surface area contributed by atoms with Gasteiger partial charge in [0.1, 0.15) is 13.1 Å². The highest BCUT2D eigenvalue weighted by Crippen LogP contribution is 2.06. The summed E-state index contributed by atoms with van der Waals surface area (Å²) in [4.78, 5) is 29.0. The number of nitrogens with zero attached hydrogens (tertiary/aromatic N) is 4. The average molecular weight is 390 g/mol. The van der Waals surface area contributed by atoms with Gasteiger partial charge in [0.15, 0.2) is 12.7 Å². The van der Waals surface area contributed by atoms with E-state index in [9.17, 15) is 19.8 Å². The molecule has 1 aromatic carbocycles. The van der Waals surface area contributed by atoms with Crippen LogP contribution in [0, 0.1) is 0 Å². The summed E-state index contributed by atoms with van der Waals surface area (Å²) in [6, 6.07) is 5.14. The molecule has 8 heteroatoms. The highest BCUT2D eigenvalue weighted by molar-refractivity contribution is 5.99. The first-order valence-electron chi connectivity index (χ1n) is 9.38. The van der Waals surface area contributed by atoms with Gasteiger partial charge in [-0.25, -0.2) is 9.98 Å². The van der Waals surface area contributed by atoms with Crippen LogP contribution in [0.2, 0.25) is 0 Å². The average Bonchev–Trinajstić information content (AvgIpc) is 3.32.